The van der Waals surface area contributed by atoms with Gasteiger partial charge in [-0.05, 0) is 44.7 Å². The summed E-state index contributed by atoms with van der Waals surface area (Å²) in [5.74, 6) is 1.09. The molecule has 6 heteroatoms. The average molecular weight is 334 g/mol. The number of aryl methyl sites for hydroxylation is 1. The zero-order valence-corrected chi connectivity index (χ0v) is 15.2. The minimum absolute atomic E-state index is 0.0860. The van der Waals surface area contributed by atoms with Gasteiger partial charge in [0.05, 0.1) is 5.60 Å². The molecule has 1 aliphatic rings. The van der Waals surface area contributed by atoms with Crippen molar-refractivity contribution >= 4 is 11.8 Å². The second kappa shape index (κ2) is 7.83. The molecule has 1 saturated heterocycles. The Labute approximate surface area is 144 Å². The molecule has 0 aliphatic carbocycles. The van der Waals surface area contributed by atoms with Gasteiger partial charge in [0.15, 0.2) is 0 Å². The second-order valence-electron chi connectivity index (χ2n) is 7.24. The summed E-state index contributed by atoms with van der Waals surface area (Å²) >= 11 is 0. The molecule has 1 aliphatic heterocycles. The lowest BCUT2D eigenvalue weighted by molar-refractivity contribution is 0.0165. The van der Waals surface area contributed by atoms with Crippen LogP contribution < -0.4 is 15.5 Å². The van der Waals surface area contributed by atoms with E-state index in [-0.39, 0.29) is 24.5 Å². The summed E-state index contributed by atoms with van der Waals surface area (Å²) in [7, 11) is 0. The van der Waals surface area contributed by atoms with Crippen LogP contribution in [0.3, 0.4) is 0 Å². The van der Waals surface area contributed by atoms with Crippen molar-refractivity contribution in [2.45, 2.75) is 52.2 Å². The normalized spacial score (nSPS) is 18.3. The van der Waals surface area contributed by atoms with Crippen LogP contribution in [0.4, 0.5) is 10.6 Å². The standard InChI is InChI=1S/C18H30N4O2/c1-13(2)18(4,24)12-19-17(23)21-15-8-10-22(11-9-15)16-7-5-6-14(3)20-16/h5-7,13,15,24H,8-12H2,1-4H3,(H2,19,21,23). The van der Waals surface area contributed by atoms with Crippen LogP contribution in [0.15, 0.2) is 18.2 Å². The van der Waals surface area contributed by atoms with E-state index in [9.17, 15) is 9.90 Å². The van der Waals surface area contributed by atoms with Gasteiger partial charge in [0.25, 0.3) is 0 Å². The van der Waals surface area contributed by atoms with Crippen LogP contribution in [0.2, 0.25) is 0 Å². The van der Waals surface area contributed by atoms with Crippen molar-refractivity contribution in [2.24, 2.45) is 5.92 Å². The zero-order chi connectivity index (χ0) is 17.7. The van der Waals surface area contributed by atoms with E-state index < -0.39 is 5.60 Å². The van der Waals surface area contributed by atoms with Crippen molar-refractivity contribution in [1.82, 2.24) is 15.6 Å². The van der Waals surface area contributed by atoms with Crippen LogP contribution in [0.1, 0.15) is 39.3 Å². The van der Waals surface area contributed by atoms with E-state index in [1.54, 1.807) is 6.92 Å². The number of urea groups is 1. The van der Waals surface area contributed by atoms with Crippen molar-refractivity contribution in [2.75, 3.05) is 24.5 Å². The first-order valence-corrected chi connectivity index (χ1v) is 8.73. The molecular weight excluding hydrogens is 304 g/mol. The number of anilines is 1. The molecule has 3 N–H and O–H groups in total. The van der Waals surface area contributed by atoms with Crippen LogP contribution in [-0.2, 0) is 0 Å². The minimum atomic E-state index is -0.891. The lowest BCUT2D eigenvalue weighted by Gasteiger charge is -2.33. The Morgan fingerprint density at radius 2 is 2.08 bits per heavy atom. The number of nitrogens with one attached hydrogen (secondary N) is 2. The lowest BCUT2D eigenvalue weighted by atomic mass is 9.93. The van der Waals surface area contributed by atoms with Gasteiger partial charge in [-0.15, -0.1) is 0 Å². The molecule has 134 valence electrons. The first-order chi connectivity index (χ1) is 11.3. The first kappa shape index (κ1) is 18.5. The molecule has 1 unspecified atom stereocenters. The third-order valence-electron chi connectivity index (χ3n) is 4.88. The van der Waals surface area contributed by atoms with Gasteiger partial charge < -0.3 is 20.6 Å². The fourth-order valence-electron chi connectivity index (χ4n) is 2.66. The monoisotopic (exact) mass is 334 g/mol. The summed E-state index contributed by atoms with van der Waals surface area (Å²) < 4.78 is 0. The summed E-state index contributed by atoms with van der Waals surface area (Å²) in [5.41, 5.74) is 0.127. The summed E-state index contributed by atoms with van der Waals surface area (Å²) in [6.45, 7) is 9.63. The molecule has 1 atom stereocenters. The van der Waals surface area contributed by atoms with Crippen molar-refractivity contribution in [3.8, 4) is 0 Å². The number of aromatic nitrogens is 1. The third-order valence-corrected chi connectivity index (χ3v) is 4.88. The highest BCUT2D eigenvalue weighted by atomic mass is 16.3. The van der Waals surface area contributed by atoms with Crippen molar-refractivity contribution in [1.29, 1.82) is 0 Å². The topological polar surface area (TPSA) is 77.5 Å². The van der Waals surface area contributed by atoms with Gasteiger partial charge in [-0.3, -0.25) is 0 Å². The van der Waals surface area contributed by atoms with Crippen LogP contribution in [0, 0.1) is 12.8 Å². The van der Waals surface area contributed by atoms with Crippen molar-refractivity contribution in [3.63, 3.8) is 0 Å². The van der Waals surface area contributed by atoms with Gasteiger partial charge in [0.2, 0.25) is 0 Å². The fourth-order valence-corrected chi connectivity index (χ4v) is 2.66. The van der Waals surface area contributed by atoms with Gasteiger partial charge in [0.1, 0.15) is 5.82 Å². The number of nitrogens with zero attached hydrogens (tertiary/aromatic N) is 2. The molecule has 0 radical (unpaired) electrons. The highest BCUT2D eigenvalue weighted by molar-refractivity contribution is 5.74. The SMILES string of the molecule is Cc1cccc(N2CCC(NC(=O)NCC(C)(O)C(C)C)CC2)n1. The fraction of sp³-hybridized carbons (Fsp3) is 0.667. The number of aliphatic hydroxyl groups is 1. The molecule has 0 spiro atoms. The molecule has 0 saturated carbocycles. The van der Waals surface area contributed by atoms with Crippen LogP contribution in [0.5, 0.6) is 0 Å². The summed E-state index contributed by atoms with van der Waals surface area (Å²) in [6.07, 6.45) is 1.78. The van der Waals surface area contributed by atoms with Gasteiger partial charge in [-0.25, -0.2) is 9.78 Å². The number of piperidine rings is 1. The molecule has 0 bridgehead atoms. The third kappa shape index (κ3) is 5.09. The number of hydrogen-bond donors (Lipinski definition) is 3. The Balaban J connectivity index is 1.76. The number of amides is 2. The Kier molecular flexibility index (Phi) is 6.04. The van der Waals surface area contributed by atoms with E-state index in [4.69, 9.17) is 0 Å². The summed E-state index contributed by atoms with van der Waals surface area (Å²) in [4.78, 5) is 18.8. The van der Waals surface area contributed by atoms with E-state index in [1.807, 2.05) is 39.0 Å². The predicted octanol–water partition coefficient (Wildman–Crippen LogP) is 2.07. The van der Waals surface area contributed by atoms with Crippen LogP contribution in [-0.4, -0.2) is 47.4 Å². The Morgan fingerprint density at radius 3 is 2.67 bits per heavy atom. The number of rotatable bonds is 5. The Bertz CT molecular complexity index is 552. The van der Waals surface area contributed by atoms with E-state index in [0.29, 0.717) is 0 Å². The largest absolute Gasteiger partial charge is 0.388 e. The molecule has 6 nitrogen and oxygen atoms in total. The highest BCUT2D eigenvalue weighted by Crippen LogP contribution is 2.18. The van der Waals surface area contributed by atoms with Crippen molar-refractivity contribution in [3.05, 3.63) is 23.9 Å². The molecule has 24 heavy (non-hydrogen) atoms. The van der Waals surface area contributed by atoms with Crippen LogP contribution >= 0.6 is 0 Å². The molecule has 1 fully saturated rings. The quantitative estimate of drug-likeness (QED) is 0.770. The number of pyridine rings is 1. The second-order valence-corrected chi connectivity index (χ2v) is 7.24. The number of hydrogen-bond acceptors (Lipinski definition) is 4. The van der Waals surface area contributed by atoms with E-state index in [1.165, 1.54) is 0 Å². The highest BCUT2D eigenvalue weighted by Gasteiger charge is 2.26. The average Bonchev–Trinajstić information content (AvgIpc) is 2.53. The molecule has 2 rings (SSSR count). The van der Waals surface area contributed by atoms with Crippen molar-refractivity contribution < 1.29 is 9.90 Å². The molecular formula is C18H30N4O2. The Morgan fingerprint density at radius 1 is 1.42 bits per heavy atom. The maximum absolute atomic E-state index is 12.0. The zero-order valence-electron chi connectivity index (χ0n) is 15.2. The van der Waals surface area contributed by atoms with Gasteiger partial charge in [-0.1, -0.05) is 19.9 Å². The predicted molar refractivity (Wildman–Crippen MR) is 96.2 cm³/mol. The van der Waals surface area contributed by atoms with Crippen LogP contribution in [0.25, 0.3) is 0 Å². The van der Waals surface area contributed by atoms with E-state index in [2.05, 4.69) is 20.5 Å². The van der Waals surface area contributed by atoms with Gasteiger partial charge >= 0.3 is 6.03 Å². The van der Waals surface area contributed by atoms with Gasteiger partial charge in [-0.2, -0.15) is 0 Å². The molecule has 2 heterocycles. The smallest absolute Gasteiger partial charge is 0.315 e. The lowest BCUT2D eigenvalue weighted by Crippen LogP contribution is -2.51. The first-order valence-electron chi connectivity index (χ1n) is 8.73. The number of carbonyl (C=O) groups is 1. The maximum Gasteiger partial charge on any atom is 0.315 e. The van der Waals surface area contributed by atoms with Gasteiger partial charge in [0, 0.05) is 31.4 Å². The Hall–Kier alpha value is -1.82. The molecule has 0 aromatic carbocycles. The molecule has 1 aromatic rings. The number of carbonyl (C=O) groups excluding carboxylic acids is 1. The summed E-state index contributed by atoms with van der Waals surface area (Å²) in [5, 5.41) is 16.0. The van der Waals surface area contributed by atoms with E-state index in [0.717, 1.165) is 37.4 Å². The molecule has 1 aromatic heterocycles. The van der Waals surface area contributed by atoms with E-state index >= 15 is 0 Å². The summed E-state index contributed by atoms with van der Waals surface area (Å²) in [6, 6.07) is 6.00. The minimum Gasteiger partial charge on any atom is -0.388 e. The maximum atomic E-state index is 12.0. The molecule has 2 amide bonds.